The second-order valence-electron chi connectivity index (χ2n) is 4.71. The number of hydrogen-bond acceptors (Lipinski definition) is 5. The molecule has 2 rings (SSSR count). The predicted octanol–water partition coefficient (Wildman–Crippen LogP) is 4.01. The van der Waals surface area contributed by atoms with Gasteiger partial charge < -0.3 is 10.1 Å². The van der Waals surface area contributed by atoms with Gasteiger partial charge in [0.15, 0.2) is 5.16 Å². The molecule has 128 valence electrons. The molecule has 1 atom stereocenters. The van der Waals surface area contributed by atoms with E-state index in [4.69, 9.17) is 39.5 Å². The highest BCUT2D eigenvalue weighted by atomic mass is 35.6. The minimum absolute atomic E-state index is 0.205. The number of alkyl halides is 3. The summed E-state index contributed by atoms with van der Waals surface area (Å²) >= 11 is 19.2. The van der Waals surface area contributed by atoms with Crippen molar-refractivity contribution in [3.63, 3.8) is 0 Å². The molecule has 0 bridgehead atoms. The molecule has 9 heteroatoms. The summed E-state index contributed by atoms with van der Waals surface area (Å²) in [4.78, 5) is 20.7. The van der Waals surface area contributed by atoms with Crippen LogP contribution in [0.2, 0.25) is 0 Å². The Kier molecular flexibility index (Phi) is 6.57. The average molecular weight is 407 g/mol. The molecule has 24 heavy (non-hydrogen) atoms. The maximum atomic E-state index is 12.3. The molecule has 5 nitrogen and oxygen atoms in total. The number of carbonyl (C=O) groups is 1. The van der Waals surface area contributed by atoms with Crippen LogP contribution in [0.4, 0.5) is 0 Å². The molecule has 0 spiro atoms. The molecule has 0 aliphatic heterocycles. The maximum absolute atomic E-state index is 12.3. The Balaban J connectivity index is 2.21. The zero-order chi connectivity index (χ0) is 17.7. The van der Waals surface area contributed by atoms with Crippen LogP contribution in [0.5, 0.6) is 5.88 Å². The molecule has 0 saturated carbocycles. The van der Waals surface area contributed by atoms with Crippen LogP contribution >= 0.6 is 46.6 Å². The molecule has 1 heterocycles. The number of thioether (sulfide) groups is 1. The number of nitrogens with zero attached hydrogens (tertiary/aromatic N) is 2. The third kappa shape index (κ3) is 5.41. The number of amides is 1. The Bertz CT molecular complexity index is 711. The number of carbonyl (C=O) groups excluding carboxylic acids is 1. The number of aryl methyl sites for hydroxylation is 1. The van der Waals surface area contributed by atoms with E-state index < -0.39 is 15.9 Å². The molecule has 2 aromatic rings. The van der Waals surface area contributed by atoms with Gasteiger partial charge in [-0.3, -0.25) is 4.79 Å². The van der Waals surface area contributed by atoms with Crippen molar-refractivity contribution >= 4 is 52.5 Å². The van der Waals surface area contributed by atoms with E-state index in [0.717, 1.165) is 0 Å². The third-order valence-corrected chi connectivity index (χ3v) is 3.97. The van der Waals surface area contributed by atoms with Crippen LogP contribution < -0.4 is 10.1 Å². The van der Waals surface area contributed by atoms with Crippen molar-refractivity contribution in [1.29, 1.82) is 0 Å². The van der Waals surface area contributed by atoms with Crippen molar-refractivity contribution < 1.29 is 9.53 Å². The van der Waals surface area contributed by atoms with Gasteiger partial charge in [0.1, 0.15) is 0 Å². The van der Waals surface area contributed by atoms with E-state index in [1.807, 2.05) is 6.26 Å². The van der Waals surface area contributed by atoms with Crippen LogP contribution in [-0.4, -0.2) is 32.2 Å². The van der Waals surface area contributed by atoms with Crippen molar-refractivity contribution in [3.05, 3.63) is 47.7 Å². The lowest BCUT2D eigenvalue weighted by molar-refractivity contribution is 0.0824. The summed E-state index contributed by atoms with van der Waals surface area (Å²) in [7, 11) is 0. The molecule has 1 N–H and O–H groups in total. The first-order chi connectivity index (χ1) is 11.3. The Morgan fingerprint density at radius 3 is 2.50 bits per heavy atom. The van der Waals surface area contributed by atoms with Gasteiger partial charge in [-0.1, -0.05) is 64.8 Å². The van der Waals surface area contributed by atoms with E-state index in [1.54, 1.807) is 43.3 Å². The van der Waals surface area contributed by atoms with Crippen molar-refractivity contribution in [2.45, 2.75) is 22.1 Å². The summed E-state index contributed by atoms with van der Waals surface area (Å²) < 4.78 is 3.72. The van der Waals surface area contributed by atoms with Gasteiger partial charge in [-0.05, 0) is 25.3 Å². The van der Waals surface area contributed by atoms with E-state index in [-0.39, 0.29) is 5.88 Å². The van der Waals surface area contributed by atoms with Crippen LogP contribution in [0.1, 0.15) is 16.1 Å². The van der Waals surface area contributed by atoms with Crippen LogP contribution in [-0.2, 0) is 0 Å². The fourth-order valence-electron chi connectivity index (χ4n) is 1.76. The predicted molar refractivity (Wildman–Crippen MR) is 97.2 cm³/mol. The van der Waals surface area contributed by atoms with Crippen LogP contribution in [0.25, 0.3) is 0 Å². The standard InChI is InChI=1S/C15H14Cl3N3O2S/c1-9-8-11(20-14(19-9)24-2)23-13(15(16,17)18)21-12(22)10-6-4-3-5-7-10/h3-8,13H,1-2H3,(H,21,22)/t13-/m1/s1. The Morgan fingerprint density at radius 1 is 1.25 bits per heavy atom. The highest BCUT2D eigenvalue weighted by Crippen LogP contribution is 2.32. The normalized spacial score (nSPS) is 12.5. The van der Waals surface area contributed by atoms with Crippen LogP contribution in [0.3, 0.4) is 0 Å². The molecule has 0 unspecified atom stereocenters. The zero-order valence-corrected chi connectivity index (χ0v) is 15.9. The molecule has 0 aliphatic carbocycles. The molecule has 0 fully saturated rings. The summed E-state index contributed by atoms with van der Waals surface area (Å²) in [6, 6.07) is 10.2. The Morgan fingerprint density at radius 2 is 1.92 bits per heavy atom. The van der Waals surface area contributed by atoms with E-state index in [0.29, 0.717) is 16.4 Å². The number of benzene rings is 1. The number of aromatic nitrogens is 2. The lowest BCUT2D eigenvalue weighted by Gasteiger charge is -2.25. The SMILES string of the molecule is CSc1nc(C)cc(O[C@@H](NC(=O)c2ccccc2)C(Cl)(Cl)Cl)n1. The van der Waals surface area contributed by atoms with Gasteiger partial charge in [0.25, 0.3) is 5.91 Å². The minimum Gasteiger partial charge on any atom is -0.449 e. The first-order valence-electron chi connectivity index (χ1n) is 6.78. The van der Waals surface area contributed by atoms with E-state index in [2.05, 4.69) is 15.3 Å². The highest BCUT2D eigenvalue weighted by molar-refractivity contribution is 7.98. The van der Waals surface area contributed by atoms with E-state index in [9.17, 15) is 4.79 Å². The molecule has 0 radical (unpaired) electrons. The second-order valence-corrected chi connectivity index (χ2v) is 7.86. The monoisotopic (exact) mass is 405 g/mol. The number of nitrogens with one attached hydrogen (secondary N) is 1. The highest BCUT2D eigenvalue weighted by Gasteiger charge is 2.36. The Hall–Kier alpha value is -1.21. The van der Waals surface area contributed by atoms with Gasteiger partial charge >= 0.3 is 0 Å². The summed E-state index contributed by atoms with van der Waals surface area (Å²) in [6.45, 7) is 1.79. The van der Waals surface area contributed by atoms with Crippen LogP contribution in [0.15, 0.2) is 41.6 Å². The third-order valence-electron chi connectivity index (χ3n) is 2.83. The number of ether oxygens (including phenoxy) is 1. The fraction of sp³-hybridized carbons (Fsp3) is 0.267. The summed E-state index contributed by atoms with van der Waals surface area (Å²) in [5.74, 6) is -0.223. The van der Waals surface area contributed by atoms with Gasteiger partial charge in [-0.25, -0.2) is 4.98 Å². The quantitative estimate of drug-likeness (QED) is 0.352. The molecule has 0 saturated heterocycles. The molecular weight excluding hydrogens is 393 g/mol. The van der Waals surface area contributed by atoms with Gasteiger partial charge in [0.05, 0.1) is 0 Å². The minimum atomic E-state index is -1.89. The summed E-state index contributed by atoms with van der Waals surface area (Å²) in [6.07, 6.45) is 0.613. The first-order valence-corrected chi connectivity index (χ1v) is 9.14. The molecular formula is C15H14Cl3N3O2S. The Labute approximate surface area is 159 Å². The van der Waals surface area contributed by atoms with E-state index >= 15 is 0 Å². The zero-order valence-electron chi connectivity index (χ0n) is 12.8. The summed E-state index contributed by atoms with van der Waals surface area (Å²) in [5.41, 5.74) is 1.12. The number of hydrogen-bond donors (Lipinski definition) is 1. The van der Waals surface area contributed by atoms with Crippen molar-refractivity contribution in [2.24, 2.45) is 0 Å². The largest absolute Gasteiger partial charge is 0.449 e. The van der Waals surface area contributed by atoms with Crippen molar-refractivity contribution in [1.82, 2.24) is 15.3 Å². The number of rotatable bonds is 5. The second kappa shape index (κ2) is 8.25. The van der Waals surface area contributed by atoms with Crippen molar-refractivity contribution in [3.8, 4) is 5.88 Å². The smallest absolute Gasteiger partial charge is 0.254 e. The molecule has 1 amide bonds. The first kappa shape index (κ1) is 19.1. The number of halogens is 3. The van der Waals surface area contributed by atoms with Gasteiger partial charge in [-0.15, -0.1) is 0 Å². The van der Waals surface area contributed by atoms with Gasteiger partial charge in [0.2, 0.25) is 15.9 Å². The fourth-order valence-corrected chi connectivity index (χ4v) is 2.47. The maximum Gasteiger partial charge on any atom is 0.254 e. The van der Waals surface area contributed by atoms with Gasteiger partial charge in [-0.2, -0.15) is 4.98 Å². The van der Waals surface area contributed by atoms with E-state index in [1.165, 1.54) is 11.8 Å². The average Bonchev–Trinajstić information content (AvgIpc) is 2.53. The molecule has 1 aromatic heterocycles. The lowest BCUT2D eigenvalue weighted by atomic mass is 10.2. The van der Waals surface area contributed by atoms with Crippen LogP contribution in [0, 0.1) is 6.92 Å². The van der Waals surface area contributed by atoms with Gasteiger partial charge in [0, 0.05) is 17.3 Å². The summed E-state index contributed by atoms with van der Waals surface area (Å²) in [5, 5.41) is 3.07. The lowest BCUT2D eigenvalue weighted by Crippen LogP contribution is -2.48. The topological polar surface area (TPSA) is 64.1 Å². The molecule has 0 aliphatic rings. The molecule has 1 aromatic carbocycles. The van der Waals surface area contributed by atoms with Crippen molar-refractivity contribution in [2.75, 3.05) is 6.26 Å².